The Kier molecular flexibility index (Phi) is 3.29. The van der Waals surface area contributed by atoms with Crippen molar-refractivity contribution in [1.29, 1.82) is 0 Å². The molecule has 17 heavy (non-hydrogen) atoms. The lowest BCUT2D eigenvalue weighted by Crippen LogP contribution is -2.62. The lowest BCUT2D eigenvalue weighted by Gasteiger charge is -2.44. The van der Waals surface area contributed by atoms with Crippen LogP contribution in [0.3, 0.4) is 0 Å². The summed E-state index contributed by atoms with van der Waals surface area (Å²) in [5, 5.41) is 9.83. The van der Waals surface area contributed by atoms with E-state index in [9.17, 15) is 13.5 Å². The molecular formula is C10H14ClNO3S2. The van der Waals surface area contributed by atoms with E-state index >= 15 is 0 Å². The van der Waals surface area contributed by atoms with Gasteiger partial charge in [0, 0.05) is 13.1 Å². The minimum absolute atomic E-state index is 0.167. The summed E-state index contributed by atoms with van der Waals surface area (Å²) in [7, 11) is -3.48. The minimum atomic E-state index is -3.48. The van der Waals surface area contributed by atoms with Crippen LogP contribution in [-0.4, -0.2) is 36.5 Å². The number of β-amino-alcohol motifs (C(OH)–C–C–N with tert-alkyl or cyclic N) is 1. The second kappa shape index (κ2) is 4.20. The van der Waals surface area contributed by atoms with Crippen molar-refractivity contribution in [2.24, 2.45) is 0 Å². The Labute approximate surface area is 110 Å². The minimum Gasteiger partial charge on any atom is -0.387 e. The standard InChI is InChI=1S/C10H14ClNO3S2/c1-3-10(13)5-12(6-10)17(14,15)8-4-7(2)9(11)16-8/h4,13H,3,5-6H2,1-2H3. The van der Waals surface area contributed by atoms with Crippen LogP contribution in [0.4, 0.5) is 0 Å². The molecular weight excluding hydrogens is 282 g/mol. The number of thiophene rings is 1. The van der Waals surface area contributed by atoms with Crippen LogP contribution in [0.5, 0.6) is 0 Å². The summed E-state index contributed by atoms with van der Waals surface area (Å²) in [4.78, 5) is 0. The Bertz CT molecular complexity index is 512. The third-order valence-corrected chi connectivity index (χ3v) is 6.82. The molecule has 0 amide bonds. The Morgan fingerprint density at radius 1 is 1.59 bits per heavy atom. The van der Waals surface area contributed by atoms with Crippen molar-refractivity contribution in [2.75, 3.05) is 13.1 Å². The van der Waals surface area contributed by atoms with Crippen molar-refractivity contribution >= 4 is 33.0 Å². The van der Waals surface area contributed by atoms with Crippen molar-refractivity contribution < 1.29 is 13.5 Å². The average Bonchev–Trinajstić information content (AvgIpc) is 2.55. The van der Waals surface area contributed by atoms with Crippen LogP contribution in [-0.2, 0) is 10.0 Å². The fourth-order valence-corrected chi connectivity index (χ4v) is 5.15. The highest BCUT2D eigenvalue weighted by atomic mass is 35.5. The van der Waals surface area contributed by atoms with Gasteiger partial charge < -0.3 is 5.11 Å². The third kappa shape index (κ3) is 2.24. The number of halogens is 1. The predicted molar refractivity (Wildman–Crippen MR) is 68.1 cm³/mol. The molecule has 0 bridgehead atoms. The maximum atomic E-state index is 12.2. The van der Waals surface area contributed by atoms with Crippen LogP contribution in [0.2, 0.25) is 4.34 Å². The van der Waals surface area contributed by atoms with E-state index in [2.05, 4.69) is 0 Å². The van der Waals surface area contributed by atoms with Gasteiger partial charge in [-0.15, -0.1) is 11.3 Å². The molecule has 0 aromatic carbocycles. The summed E-state index contributed by atoms with van der Waals surface area (Å²) in [6, 6.07) is 1.58. The number of aryl methyl sites for hydroxylation is 1. The zero-order valence-electron chi connectivity index (χ0n) is 9.60. The van der Waals surface area contributed by atoms with Crippen molar-refractivity contribution in [3.8, 4) is 0 Å². The van der Waals surface area contributed by atoms with Gasteiger partial charge in [-0.05, 0) is 25.0 Å². The van der Waals surface area contributed by atoms with Crippen molar-refractivity contribution in [3.63, 3.8) is 0 Å². The number of rotatable bonds is 3. The summed E-state index contributed by atoms with van der Waals surface area (Å²) in [6.45, 7) is 3.95. The number of hydrogen-bond acceptors (Lipinski definition) is 4. The number of aliphatic hydroxyl groups is 1. The molecule has 1 saturated heterocycles. The predicted octanol–water partition coefficient (Wildman–Crippen LogP) is 1.86. The number of hydrogen-bond donors (Lipinski definition) is 1. The lowest BCUT2D eigenvalue weighted by atomic mass is 9.94. The summed E-state index contributed by atoms with van der Waals surface area (Å²) >= 11 is 6.93. The highest BCUT2D eigenvalue weighted by molar-refractivity contribution is 7.91. The van der Waals surface area contributed by atoms with Gasteiger partial charge in [0.25, 0.3) is 10.0 Å². The molecule has 1 aliphatic rings. The van der Waals surface area contributed by atoms with Gasteiger partial charge in [0.1, 0.15) is 4.21 Å². The first-order valence-electron chi connectivity index (χ1n) is 5.27. The van der Waals surface area contributed by atoms with Gasteiger partial charge in [-0.25, -0.2) is 8.42 Å². The van der Waals surface area contributed by atoms with E-state index < -0.39 is 15.6 Å². The second-order valence-corrected chi connectivity index (χ2v) is 8.19. The van der Waals surface area contributed by atoms with Gasteiger partial charge >= 0.3 is 0 Å². The molecule has 0 aliphatic carbocycles. The van der Waals surface area contributed by atoms with Gasteiger partial charge in [-0.3, -0.25) is 0 Å². The molecule has 0 unspecified atom stereocenters. The number of sulfonamides is 1. The van der Waals surface area contributed by atoms with E-state index in [-0.39, 0.29) is 17.3 Å². The zero-order chi connectivity index (χ0) is 12.8. The van der Waals surface area contributed by atoms with Crippen molar-refractivity contribution in [2.45, 2.75) is 30.1 Å². The van der Waals surface area contributed by atoms with Crippen LogP contribution in [0.1, 0.15) is 18.9 Å². The first-order chi connectivity index (χ1) is 7.78. The molecule has 2 heterocycles. The highest BCUT2D eigenvalue weighted by Crippen LogP contribution is 2.36. The molecule has 1 aromatic heterocycles. The zero-order valence-corrected chi connectivity index (χ0v) is 12.0. The molecule has 1 aromatic rings. The van der Waals surface area contributed by atoms with Crippen LogP contribution >= 0.6 is 22.9 Å². The highest BCUT2D eigenvalue weighted by Gasteiger charge is 2.46. The largest absolute Gasteiger partial charge is 0.387 e. The van der Waals surface area contributed by atoms with Crippen LogP contribution in [0, 0.1) is 6.92 Å². The molecule has 1 N–H and O–H groups in total. The monoisotopic (exact) mass is 295 g/mol. The van der Waals surface area contributed by atoms with Crippen LogP contribution in [0.15, 0.2) is 10.3 Å². The Morgan fingerprint density at radius 2 is 2.18 bits per heavy atom. The number of nitrogens with zero attached hydrogens (tertiary/aromatic N) is 1. The van der Waals surface area contributed by atoms with Crippen molar-refractivity contribution in [3.05, 3.63) is 16.0 Å². The summed E-state index contributed by atoms with van der Waals surface area (Å²) in [5.74, 6) is 0. The summed E-state index contributed by atoms with van der Waals surface area (Å²) < 4.78 is 26.3. The topological polar surface area (TPSA) is 57.6 Å². The van der Waals surface area contributed by atoms with Gasteiger partial charge in [-0.1, -0.05) is 18.5 Å². The van der Waals surface area contributed by atoms with Crippen molar-refractivity contribution in [1.82, 2.24) is 4.31 Å². The fourth-order valence-electron chi connectivity index (χ4n) is 1.69. The molecule has 0 spiro atoms. The van der Waals surface area contributed by atoms with E-state index in [1.54, 1.807) is 13.0 Å². The van der Waals surface area contributed by atoms with Gasteiger partial charge in [-0.2, -0.15) is 4.31 Å². The molecule has 0 atom stereocenters. The Balaban J connectivity index is 2.22. The first-order valence-corrected chi connectivity index (χ1v) is 7.90. The Morgan fingerprint density at radius 3 is 2.59 bits per heavy atom. The average molecular weight is 296 g/mol. The van der Waals surface area contributed by atoms with E-state index in [0.29, 0.717) is 10.8 Å². The molecule has 0 radical (unpaired) electrons. The molecule has 1 fully saturated rings. The van der Waals surface area contributed by atoms with E-state index in [4.69, 9.17) is 11.6 Å². The molecule has 2 rings (SSSR count). The van der Waals surface area contributed by atoms with Crippen LogP contribution < -0.4 is 0 Å². The van der Waals surface area contributed by atoms with E-state index in [0.717, 1.165) is 16.9 Å². The summed E-state index contributed by atoms with van der Waals surface area (Å²) in [6.07, 6.45) is 0.559. The molecule has 0 saturated carbocycles. The lowest BCUT2D eigenvalue weighted by molar-refractivity contribution is -0.0612. The molecule has 7 heteroatoms. The smallest absolute Gasteiger partial charge is 0.252 e. The van der Waals surface area contributed by atoms with Gasteiger partial charge in [0.15, 0.2) is 0 Å². The van der Waals surface area contributed by atoms with Crippen LogP contribution in [0.25, 0.3) is 0 Å². The fraction of sp³-hybridized carbons (Fsp3) is 0.600. The maximum absolute atomic E-state index is 12.2. The molecule has 1 aliphatic heterocycles. The Hall–Kier alpha value is -0.140. The normalized spacial score (nSPS) is 20.2. The van der Waals surface area contributed by atoms with Gasteiger partial charge in [0.05, 0.1) is 9.94 Å². The summed E-state index contributed by atoms with van der Waals surface area (Å²) in [5.41, 5.74) is -0.0927. The SMILES string of the molecule is CCC1(O)CN(S(=O)(=O)c2cc(C)c(Cl)s2)C1. The molecule has 96 valence electrons. The second-order valence-electron chi connectivity index (χ2n) is 4.37. The first kappa shape index (κ1) is 13.3. The van der Waals surface area contributed by atoms with Gasteiger partial charge in [0.2, 0.25) is 0 Å². The maximum Gasteiger partial charge on any atom is 0.252 e. The quantitative estimate of drug-likeness (QED) is 0.926. The van der Waals surface area contributed by atoms with E-state index in [1.165, 1.54) is 4.31 Å². The molecule has 4 nitrogen and oxygen atoms in total. The third-order valence-electron chi connectivity index (χ3n) is 3.03. The van der Waals surface area contributed by atoms with E-state index in [1.807, 2.05) is 6.92 Å².